The molecule has 0 fully saturated rings. The molecule has 152 valence electrons. The molecule has 0 bridgehead atoms. The second kappa shape index (κ2) is 9.15. The van der Waals surface area contributed by atoms with E-state index in [1.807, 2.05) is 17.5 Å². The van der Waals surface area contributed by atoms with Crippen LogP contribution in [0.4, 0.5) is 11.4 Å². The van der Waals surface area contributed by atoms with Gasteiger partial charge in [0.1, 0.15) is 0 Å². The summed E-state index contributed by atoms with van der Waals surface area (Å²) in [7, 11) is 1.68. The first-order valence-electron chi connectivity index (χ1n) is 9.49. The monoisotopic (exact) mass is 411 g/mol. The predicted octanol–water partition coefficient (Wildman–Crippen LogP) is 5.69. The molecule has 6 nitrogen and oxygen atoms in total. The zero-order valence-electron chi connectivity index (χ0n) is 17.0. The highest BCUT2D eigenvalue weighted by Gasteiger charge is 2.15. The number of aromatic nitrogens is 1. The number of benzene rings is 2. The average Bonchev–Trinajstić information content (AvgIpc) is 3.12. The van der Waals surface area contributed by atoms with Gasteiger partial charge in [-0.15, -0.1) is 11.3 Å². The molecule has 3 rings (SSSR count). The van der Waals surface area contributed by atoms with Gasteiger partial charge in [-0.05, 0) is 48.2 Å². The summed E-state index contributed by atoms with van der Waals surface area (Å²) in [5.41, 5.74) is 4.13. The van der Waals surface area contributed by atoms with E-state index in [1.165, 1.54) is 17.7 Å². The van der Waals surface area contributed by atoms with E-state index < -0.39 is 0 Å². The molecule has 0 saturated carbocycles. The van der Waals surface area contributed by atoms with E-state index in [0.29, 0.717) is 12.5 Å². The molecular weight excluding hydrogens is 386 g/mol. The number of nitrogens with zero attached hydrogens (tertiary/aromatic N) is 3. The molecule has 0 aliphatic carbocycles. The topological polar surface area (TPSA) is 69.7 Å². The van der Waals surface area contributed by atoms with Gasteiger partial charge in [0.15, 0.2) is 4.80 Å². The van der Waals surface area contributed by atoms with Gasteiger partial charge >= 0.3 is 0 Å². The largest absolute Gasteiger partial charge is 0.383 e. The van der Waals surface area contributed by atoms with Crippen molar-refractivity contribution in [1.82, 2.24) is 4.57 Å². The fourth-order valence-electron chi connectivity index (χ4n) is 3.15. The van der Waals surface area contributed by atoms with E-state index in [0.717, 1.165) is 21.7 Å². The van der Waals surface area contributed by atoms with Crippen LogP contribution in [0.15, 0.2) is 58.9 Å². The normalized spacial score (nSPS) is 13.1. The van der Waals surface area contributed by atoms with Gasteiger partial charge in [-0.25, -0.2) is 4.99 Å². The number of hydrogen-bond acceptors (Lipinski definition) is 5. The second-order valence-electron chi connectivity index (χ2n) is 7.24. The van der Waals surface area contributed by atoms with Gasteiger partial charge in [-0.3, -0.25) is 10.1 Å². The molecule has 7 heteroatoms. The van der Waals surface area contributed by atoms with Crippen molar-refractivity contribution in [1.29, 1.82) is 0 Å². The molecule has 0 radical (unpaired) electrons. The molecule has 0 aliphatic heterocycles. The van der Waals surface area contributed by atoms with Crippen LogP contribution in [0.2, 0.25) is 0 Å². The first-order chi connectivity index (χ1) is 13.9. The number of non-ortho nitro benzene ring substituents is 1. The number of hydrogen-bond donors (Lipinski definition) is 0. The third kappa shape index (κ3) is 4.81. The van der Waals surface area contributed by atoms with Crippen LogP contribution in [0.5, 0.6) is 0 Å². The maximum atomic E-state index is 11.0. The van der Waals surface area contributed by atoms with Crippen molar-refractivity contribution in [3.63, 3.8) is 0 Å². The van der Waals surface area contributed by atoms with Crippen LogP contribution in [-0.2, 0) is 4.74 Å². The Labute approximate surface area is 174 Å². The lowest BCUT2D eigenvalue weighted by molar-refractivity contribution is -0.384. The molecule has 1 atom stereocenters. The number of thiazole rings is 1. The Morgan fingerprint density at radius 2 is 1.76 bits per heavy atom. The molecule has 1 aromatic heterocycles. The predicted molar refractivity (Wildman–Crippen MR) is 117 cm³/mol. The number of rotatable bonds is 7. The van der Waals surface area contributed by atoms with Crippen molar-refractivity contribution < 1.29 is 9.66 Å². The van der Waals surface area contributed by atoms with Crippen LogP contribution < -0.4 is 4.80 Å². The Morgan fingerprint density at radius 3 is 2.31 bits per heavy atom. The van der Waals surface area contributed by atoms with Crippen LogP contribution in [0, 0.1) is 10.1 Å². The molecule has 0 amide bonds. The van der Waals surface area contributed by atoms with E-state index in [1.54, 1.807) is 30.6 Å². The first-order valence-corrected chi connectivity index (χ1v) is 10.4. The van der Waals surface area contributed by atoms with Crippen molar-refractivity contribution in [2.45, 2.75) is 32.7 Å². The van der Waals surface area contributed by atoms with Crippen LogP contribution in [-0.4, -0.2) is 23.2 Å². The maximum Gasteiger partial charge on any atom is 0.269 e. The summed E-state index contributed by atoms with van der Waals surface area (Å²) >= 11 is 1.55. The van der Waals surface area contributed by atoms with Gasteiger partial charge in [0, 0.05) is 24.6 Å². The molecule has 1 heterocycles. The van der Waals surface area contributed by atoms with E-state index in [9.17, 15) is 10.1 Å². The van der Waals surface area contributed by atoms with E-state index in [-0.39, 0.29) is 16.7 Å². The lowest BCUT2D eigenvalue weighted by Crippen LogP contribution is -2.22. The molecule has 29 heavy (non-hydrogen) atoms. The summed E-state index contributed by atoms with van der Waals surface area (Å²) in [5, 5.41) is 13.0. The zero-order valence-corrected chi connectivity index (χ0v) is 17.8. The van der Waals surface area contributed by atoms with Crippen molar-refractivity contribution in [2.75, 3.05) is 13.7 Å². The average molecular weight is 412 g/mol. The van der Waals surface area contributed by atoms with Gasteiger partial charge < -0.3 is 9.30 Å². The van der Waals surface area contributed by atoms with E-state index in [4.69, 9.17) is 9.73 Å². The van der Waals surface area contributed by atoms with Crippen LogP contribution >= 0.6 is 11.3 Å². The molecule has 0 N–H and O–H groups in total. The maximum absolute atomic E-state index is 11.0. The lowest BCUT2D eigenvalue weighted by atomic mass is 10.0. The lowest BCUT2D eigenvalue weighted by Gasteiger charge is -2.16. The summed E-state index contributed by atoms with van der Waals surface area (Å²) in [6, 6.07) is 14.9. The quantitative estimate of drug-likeness (QED) is 0.370. The number of nitro benzene ring substituents is 1. The molecule has 1 unspecified atom stereocenters. The third-order valence-corrected chi connectivity index (χ3v) is 5.59. The van der Waals surface area contributed by atoms with E-state index in [2.05, 4.69) is 37.5 Å². The fourth-order valence-corrected chi connectivity index (χ4v) is 4.17. The minimum absolute atomic E-state index is 0.0603. The fraction of sp³-hybridized carbons (Fsp3) is 0.318. The SMILES string of the molecule is COCC(C)n1c(-c2ccc([N+](=O)[O-])cc2)csc1=Nc1ccc(C(C)C)cc1. The number of ether oxygens (including phenoxy) is 1. The Hall–Kier alpha value is -2.77. The molecule has 2 aromatic carbocycles. The zero-order chi connectivity index (χ0) is 21.0. The summed E-state index contributed by atoms with van der Waals surface area (Å²) in [5.74, 6) is 0.478. The molecule has 0 saturated heterocycles. The van der Waals surface area contributed by atoms with Crippen LogP contribution in [0.3, 0.4) is 0 Å². The summed E-state index contributed by atoms with van der Waals surface area (Å²) in [6.45, 7) is 6.95. The summed E-state index contributed by atoms with van der Waals surface area (Å²) in [4.78, 5) is 16.3. The van der Waals surface area contributed by atoms with Gasteiger partial charge in [-0.1, -0.05) is 26.0 Å². The Balaban J connectivity index is 2.07. The highest BCUT2D eigenvalue weighted by Crippen LogP contribution is 2.26. The standard InChI is InChI=1S/C22H25N3O3S/c1-15(2)17-5-9-19(10-6-17)23-22-24(16(3)13-28-4)21(14-29-22)18-7-11-20(12-8-18)25(26)27/h5-12,14-16H,13H2,1-4H3. The molecule has 0 aliphatic rings. The van der Waals surface area contributed by atoms with Gasteiger partial charge in [0.05, 0.1) is 29.0 Å². The van der Waals surface area contributed by atoms with Crippen LogP contribution in [0.1, 0.15) is 38.3 Å². The van der Waals surface area contributed by atoms with Crippen LogP contribution in [0.25, 0.3) is 11.3 Å². The van der Waals surface area contributed by atoms with Gasteiger partial charge in [0.2, 0.25) is 0 Å². The van der Waals surface area contributed by atoms with Crippen molar-refractivity contribution >= 4 is 22.7 Å². The smallest absolute Gasteiger partial charge is 0.269 e. The highest BCUT2D eigenvalue weighted by molar-refractivity contribution is 7.07. The van der Waals surface area contributed by atoms with Gasteiger partial charge in [-0.2, -0.15) is 0 Å². The Kier molecular flexibility index (Phi) is 6.61. The number of methoxy groups -OCH3 is 1. The van der Waals surface area contributed by atoms with E-state index >= 15 is 0 Å². The van der Waals surface area contributed by atoms with Crippen molar-refractivity contribution in [3.8, 4) is 11.3 Å². The summed E-state index contributed by atoms with van der Waals surface area (Å²) < 4.78 is 7.50. The first kappa shape index (κ1) is 21.0. The minimum atomic E-state index is -0.388. The van der Waals surface area contributed by atoms with Gasteiger partial charge in [0.25, 0.3) is 5.69 Å². The Bertz CT molecular complexity index is 1030. The Morgan fingerprint density at radius 1 is 1.10 bits per heavy atom. The highest BCUT2D eigenvalue weighted by atomic mass is 32.1. The molecule has 3 aromatic rings. The minimum Gasteiger partial charge on any atom is -0.383 e. The second-order valence-corrected chi connectivity index (χ2v) is 8.08. The molecule has 0 spiro atoms. The van der Waals surface area contributed by atoms with Crippen molar-refractivity contribution in [3.05, 3.63) is 74.4 Å². The number of nitro groups is 1. The summed E-state index contributed by atoms with van der Waals surface area (Å²) in [6.07, 6.45) is 0. The molecular formula is C22H25N3O3S. The van der Waals surface area contributed by atoms with Crippen molar-refractivity contribution in [2.24, 2.45) is 4.99 Å². The third-order valence-electron chi connectivity index (χ3n) is 4.75.